The van der Waals surface area contributed by atoms with Gasteiger partial charge in [-0.15, -0.1) is 0 Å². The lowest BCUT2D eigenvalue weighted by Gasteiger charge is -2.40. The molecule has 0 spiro atoms. The smallest absolute Gasteiger partial charge is 0.331 e. The van der Waals surface area contributed by atoms with Crippen LogP contribution in [0.3, 0.4) is 0 Å². The predicted octanol–water partition coefficient (Wildman–Crippen LogP) is 8.59. The molecule has 0 saturated carbocycles. The molecule has 0 saturated heterocycles. The van der Waals surface area contributed by atoms with E-state index in [1.54, 1.807) is 12.1 Å². The normalized spacial score (nSPS) is 21.6. The average molecular weight is 456 g/mol. The number of hydrogen-bond acceptors (Lipinski definition) is 1. The number of fused-ring (bicyclic) bond motifs is 3. The first kappa shape index (κ1) is 21.0. The zero-order chi connectivity index (χ0) is 23.5. The summed E-state index contributed by atoms with van der Waals surface area (Å²) >= 11 is 0. The Bertz CT molecular complexity index is 1420. The summed E-state index contributed by atoms with van der Waals surface area (Å²) < 4.78 is 39.5. The summed E-state index contributed by atoms with van der Waals surface area (Å²) in [5, 5.41) is 1.41. The lowest BCUT2D eigenvalue weighted by Crippen LogP contribution is -2.43. The Morgan fingerprint density at radius 1 is 0.941 bits per heavy atom. The molecule has 3 aromatic rings. The molecule has 1 unspecified atom stereocenters. The molecular weight excluding hydrogens is 431 g/mol. The van der Waals surface area contributed by atoms with Crippen LogP contribution in [-0.4, -0.2) is 5.54 Å². The van der Waals surface area contributed by atoms with Crippen molar-refractivity contribution in [1.29, 1.82) is 0 Å². The minimum absolute atomic E-state index is 0.108. The first-order valence-electron chi connectivity index (χ1n) is 11.6. The second-order valence-corrected chi connectivity index (χ2v) is 9.41. The van der Waals surface area contributed by atoms with Crippen molar-refractivity contribution in [2.24, 2.45) is 0 Å². The molecule has 0 amide bonds. The Morgan fingerprint density at radius 2 is 1.76 bits per heavy atom. The molecule has 2 aliphatic carbocycles. The molecule has 3 aromatic carbocycles. The molecular formula is C30H24F3N. The fraction of sp³-hybridized carbons (Fsp3) is 0.200. The summed E-state index contributed by atoms with van der Waals surface area (Å²) in [7, 11) is 0. The molecule has 6 rings (SSSR count). The van der Waals surface area contributed by atoms with Gasteiger partial charge in [-0.1, -0.05) is 60.7 Å². The van der Waals surface area contributed by atoms with Gasteiger partial charge in [-0.25, -0.2) is 0 Å². The minimum Gasteiger partial charge on any atom is -0.331 e. The average Bonchev–Trinajstić information content (AvgIpc) is 3.11. The molecule has 0 N–H and O–H groups in total. The van der Waals surface area contributed by atoms with Crippen molar-refractivity contribution >= 4 is 16.5 Å². The Labute approximate surface area is 197 Å². The van der Waals surface area contributed by atoms with E-state index >= 15 is 0 Å². The molecule has 1 nitrogen and oxygen atoms in total. The van der Waals surface area contributed by atoms with Crippen molar-refractivity contribution in [3.8, 4) is 11.1 Å². The Balaban J connectivity index is 1.41. The van der Waals surface area contributed by atoms with E-state index in [1.807, 2.05) is 12.1 Å². The van der Waals surface area contributed by atoms with Crippen LogP contribution in [0.2, 0.25) is 0 Å². The molecule has 1 atom stereocenters. The summed E-state index contributed by atoms with van der Waals surface area (Å²) in [5.74, 6) is 0. The van der Waals surface area contributed by atoms with Gasteiger partial charge in [0, 0.05) is 11.4 Å². The number of nitrogens with zero attached hydrogens (tertiary/aromatic N) is 1. The lowest BCUT2D eigenvalue weighted by atomic mass is 9.81. The van der Waals surface area contributed by atoms with Gasteiger partial charge < -0.3 is 4.90 Å². The number of rotatable bonds is 2. The topological polar surface area (TPSA) is 3.24 Å². The molecule has 4 heteroatoms. The molecule has 170 valence electrons. The second kappa shape index (κ2) is 7.49. The fourth-order valence-corrected chi connectivity index (χ4v) is 5.71. The largest absolute Gasteiger partial charge is 0.416 e. The van der Waals surface area contributed by atoms with Crippen LogP contribution in [-0.2, 0) is 6.18 Å². The van der Waals surface area contributed by atoms with Crippen LogP contribution in [0.15, 0.2) is 108 Å². The van der Waals surface area contributed by atoms with Crippen molar-refractivity contribution in [2.45, 2.75) is 37.9 Å². The third-order valence-electron chi connectivity index (χ3n) is 7.34. The first-order valence-corrected chi connectivity index (χ1v) is 11.6. The van der Waals surface area contributed by atoms with Gasteiger partial charge >= 0.3 is 6.18 Å². The highest BCUT2D eigenvalue weighted by Crippen LogP contribution is 2.51. The molecule has 34 heavy (non-hydrogen) atoms. The van der Waals surface area contributed by atoms with Crippen LogP contribution in [0.1, 0.15) is 31.7 Å². The van der Waals surface area contributed by atoms with Crippen molar-refractivity contribution in [2.75, 3.05) is 4.90 Å². The zero-order valence-corrected chi connectivity index (χ0v) is 18.9. The van der Waals surface area contributed by atoms with E-state index in [1.165, 1.54) is 29.0 Å². The summed E-state index contributed by atoms with van der Waals surface area (Å²) in [5.41, 5.74) is 6.45. The van der Waals surface area contributed by atoms with Crippen LogP contribution in [0.5, 0.6) is 0 Å². The summed E-state index contributed by atoms with van der Waals surface area (Å²) in [6.45, 7) is 2.31. The Hall–Kier alpha value is -3.53. The van der Waals surface area contributed by atoms with E-state index in [9.17, 15) is 13.2 Å². The van der Waals surface area contributed by atoms with E-state index in [4.69, 9.17) is 0 Å². The van der Waals surface area contributed by atoms with Crippen molar-refractivity contribution in [3.63, 3.8) is 0 Å². The third kappa shape index (κ3) is 3.16. The van der Waals surface area contributed by atoms with Gasteiger partial charge in [-0.3, -0.25) is 0 Å². The van der Waals surface area contributed by atoms with E-state index in [0.717, 1.165) is 41.5 Å². The van der Waals surface area contributed by atoms with Gasteiger partial charge in [0.1, 0.15) is 0 Å². The van der Waals surface area contributed by atoms with Crippen LogP contribution in [0.25, 0.3) is 21.9 Å². The van der Waals surface area contributed by atoms with Gasteiger partial charge in [-0.2, -0.15) is 13.2 Å². The fourth-order valence-electron chi connectivity index (χ4n) is 5.71. The van der Waals surface area contributed by atoms with Gasteiger partial charge in [0.15, 0.2) is 0 Å². The molecule has 0 aromatic heterocycles. The number of anilines is 1. The molecule has 0 bridgehead atoms. The quantitative estimate of drug-likeness (QED) is 0.374. The van der Waals surface area contributed by atoms with Crippen LogP contribution in [0, 0.1) is 0 Å². The second-order valence-electron chi connectivity index (χ2n) is 9.41. The van der Waals surface area contributed by atoms with Crippen LogP contribution < -0.4 is 4.90 Å². The highest BCUT2D eigenvalue weighted by Gasteiger charge is 2.45. The van der Waals surface area contributed by atoms with E-state index in [2.05, 4.69) is 66.5 Å². The summed E-state index contributed by atoms with van der Waals surface area (Å²) in [4.78, 5) is 2.45. The van der Waals surface area contributed by atoms with E-state index < -0.39 is 11.7 Å². The van der Waals surface area contributed by atoms with Gasteiger partial charge in [0.25, 0.3) is 0 Å². The Morgan fingerprint density at radius 3 is 2.56 bits per heavy atom. The van der Waals surface area contributed by atoms with Crippen LogP contribution in [0.4, 0.5) is 18.9 Å². The minimum atomic E-state index is -4.35. The highest BCUT2D eigenvalue weighted by molar-refractivity contribution is 5.97. The maximum atomic E-state index is 13.2. The number of allylic oxidation sites excluding steroid dienone is 4. The number of alkyl halides is 3. The summed E-state index contributed by atoms with van der Waals surface area (Å²) in [6, 6.07) is 17.9. The highest BCUT2D eigenvalue weighted by atomic mass is 19.4. The maximum Gasteiger partial charge on any atom is 0.416 e. The van der Waals surface area contributed by atoms with Gasteiger partial charge in [-0.05, 0) is 89.6 Å². The Kier molecular flexibility index (Phi) is 4.63. The van der Waals surface area contributed by atoms with Gasteiger partial charge in [0.05, 0.1) is 11.1 Å². The van der Waals surface area contributed by atoms with Crippen molar-refractivity contribution < 1.29 is 13.2 Å². The molecule has 0 radical (unpaired) electrons. The molecule has 0 fully saturated rings. The molecule has 1 aliphatic heterocycles. The van der Waals surface area contributed by atoms with Crippen LogP contribution >= 0.6 is 0 Å². The zero-order valence-electron chi connectivity index (χ0n) is 18.9. The monoisotopic (exact) mass is 455 g/mol. The van der Waals surface area contributed by atoms with E-state index in [0.29, 0.717) is 5.39 Å². The summed E-state index contributed by atoms with van der Waals surface area (Å²) in [6.07, 6.45) is 9.89. The number of halogens is 3. The van der Waals surface area contributed by atoms with E-state index in [-0.39, 0.29) is 5.54 Å². The first-order chi connectivity index (χ1) is 16.4. The lowest BCUT2D eigenvalue weighted by molar-refractivity contribution is -0.137. The molecule has 1 heterocycles. The van der Waals surface area contributed by atoms with Crippen molar-refractivity contribution in [1.82, 2.24) is 0 Å². The molecule has 3 aliphatic rings. The predicted molar refractivity (Wildman–Crippen MR) is 133 cm³/mol. The standard InChI is InChI=1S/C30H24F3N/c1-29-18-5-4-10-27(29)26-8-2-3-11-28(26)34(29)23-15-12-20(13-16-23)24-9-6-7-21-19-22(30(31,32)33)14-17-25(21)24/h3-7,9-17,19H,2,8,18H2,1H3. The number of hydrogen-bond donors (Lipinski definition) is 0. The maximum absolute atomic E-state index is 13.2. The number of benzene rings is 3. The van der Waals surface area contributed by atoms with Crippen molar-refractivity contribution in [3.05, 3.63) is 113 Å². The van der Waals surface area contributed by atoms with Gasteiger partial charge in [0.2, 0.25) is 0 Å². The SMILES string of the molecule is CC12CC=CC=C1C1=C(C=CCC1)N2c1ccc(-c2cccc3cc(C(F)(F)F)ccc23)cc1. The third-order valence-corrected chi connectivity index (χ3v) is 7.34.